The summed E-state index contributed by atoms with van der Waals surface area (Å²) in [7, 11) is 4.15. The van der Waals surface area contributed by atoms with Gasteiger partial charge < -0.3 is 34.4 Å². The largest absolute Gasteiger partial charge is 0.480 e. The first kappa shape index (κ1) is 30.1. The molecule has 0 heterocycles. The molecule has 3 amide bonds. The van der Waals surface area contributed by atoms with Crippen molar-refractivity contribution in [3.63, 3.8) is 0 Å². The molecule has 12 heteroatoms. The molecular formula is C19H35N3O9. The van der Waals surface area contributed by atoms with Crippen LogP contribution in [-0.4, -0.2) is 107 Å². The Bertz CT molecular complexity index is 651. The molecular weight excluding hydrogens is 414 g/mol. The molecule has 180 valence electrons. The molecule has 0 bridgehead atoms. The van der Waals surface area contributed by atoms with Crippen molar-refractivity contribution in [1.82, 2.24) is 14.7 Å². The Morgan fingerprint density at radius 1 is 0.613 bits per heavy atom. The van der Waals surface area contributed by atoms with Crippen LogP contribution in [-0.2, 0) is 23.9 Å². The molecule has 0 atom stereocenters. The fourth-order valence-electron chi connectivity index (χ4n) is 1.63. The molecule has 12 nitrogen and oxygen atoms in total. The van der Waals surface area contributed by atoms with E-state index in [1.165, 1.54) is 21.1 Å². The number of amides is 3. The quantitative estimate of drug-likeness (QED) is 0.611. The van der Waals surface area contributed by atoms with Crippen molar-refractivity contribution in [2.45, 2.75) is 52.7 Å². The molecule has 0 saturated heterocycles. The van der Waals surface area contributed by atoms with E-state index in [1.807, 2.05) is 0 Å². The van der Waals surface area contributed by atoms with Gasteiger partial charge in [0.25, 0.3) is 0 Å². The number of ether oxygens (including phenoxy) is 2. The molecule has 0 aromatic heterocycles. The van der Waals surface area contributed by atoms with Crippen molar-refractivity contribution >= 4 is 30.0 Å². The van der Waals surface area contributed by atoms with Gasteiger partial charge in [-0.15, -0.1) is 0 Å². The highest BCUT2D eigenvalue weighted by Gasteiger charge is 2.23. The van der Waals surface area contributed by atoms with Gasteiger partial charge in [-0.3, -0.25) is 14.4 Å². The van der Waals surface area contributed by atoms with Gasteiger partial charge in [0.2, 0.25) is 5.91 Å². The minimum absolute atomic E-state index is 0.224. The second-order valence-corrected chi connectivity index (χ2v) is 8.71. The lowest BCUT2D eigenvalue weighted by Crippen LogP contribution is -2.42. The van der Waals surface area contributed by atoms with E-state index >= 15 is 0 Å². The second kappa shape index (κ2) is 12.6. The standard InChI is InChI=1S/C11H20N2O5.C8H15NO4/c1-11(2,3)18-10(17)13(5)6-8(14)12(4)7-9(15)16;1-8(2,3)13-7(12)9(4)5-6(10)11/h6-7H2,1-5H3,(H,15,16);5H2,1-4H3,(H,10,11). The van der Waals surface area contributed by atoms with Crippen LogP contribution in [0.1, 0.15) is 41.5 Å². The van der Waals surface area contributed by atoms with Gasteiger partial charge in [-0.1, -0.05) is 0 Å². The number of carboxylic acid groups (broad SMARTS) is 2. The zero-order valence-electron chi connectivity index (χ0n) is 19.7. The van der Waals surface area contributed by atoms with E-state index in [4.69, 9.17) is 19.7 Å². The molecule has 0 aliphatic rings. The van der Waals surface area contributed by atoms with Crippen molar-refractivity contribution in [3.8, 4) is 0 Å². The van der Waals surface area contributed by atoms with Crippen LogP contribution in [0, 0.1) is 0 Å². The monoisotopic (exact) mass is 449 g/mol. The summed E-state index contributed by atoms with van der Waals surface area (Å²) in [5.74, 6) is -2.63. The third-order valence-electron chi connectivity index (χ3n) is 2.95. The van der Waals surface area contributed by atoms with Crippen LogP contribution in [0.25, 0.3) is 0 Å². The van der Waals surface area contributed by atoms with Crippen LogP contribution in [0.2, 0.25) is 0 Å². The highest BCUT2D eigenvalue weighted by Crippen LogP contribution is 2.09. The maximum Gasteiger partial charge on any atom is 0.410 e. The number of carboxylic acids is 2. The van der Waals surface area contributed by atoms with Crippen LogP contribution >= 0.6 is 0 Å². The van der Waals surface area contributed by atoms with Gasteiger partial charge in [0.05, 0.1) is 0 Å². The highest BCUT2D eigenvalue weighted by molar-refractivity contribution is 5.85. The Kier molecular flexibility index (Phi) is 12.3. The lowest BCUT2D eigenvalue weighted by molar-refractivity contribution is -0.143. The SMILES string of the molecule is CN(CC(=O)O)C(=O)CN(C)C(=O)OC(C)(C)C.CN(CC(=O)O)C(=O)OC(C)(C)C. The summed E-state index contributed by atoms with van der Waals surface area (Å²) in [6.45, 7) is 9.35. The maximum atomic E-state index is 11.6. The summed E-state index contributed by atoms with van der Waals surface area (Å²) in [5, 5.41) is 16.9. The first-order valence-electron chi connectivity index (χ1n) is 9.31. The van der Waals surface area contributed by atoms with Crippen LogP contribution in [0.5, 0.6) is 0 Å². The van der Waals surface area contributed by atoms with Crippen LogP contribution in [0.3, 0.4) is 0 Å². The highest BCUT2D eigenvalue weighted by atomic mass is 16.6. The predicted octanol–water partition coefficient (Wildman–Crippen LogP) is 1.33. The normalized spacial score (nSPS) is 10.7. The van der Waals surface area contributed by atoms with Crippen LogP contribution in [0.15, 0.2) is 0 Å². The maximum absolute atomic E-state index is 11.6. The molecule has 0 unspecified atom stereocenters. The van der Waals surface area contributed by atoms with Crippen molar-refractivity contribution in [2.24, 2.45) is 0 Å². The Labute approximate surface area is 182 Å². The molecule has 0 saturated carbocycles. The van der Waals surface area contributed by atoms with E-state index in [0.29, 0.717) is 0 Å². The predicted molar refractivity (Wildman–Crippen MR) is 111 cm³/mol. The third kappa shape index (κ3) is 17.5. The van der Waals surface area contributed by atoms with Crippen molar-refractivity contribution in [1.29, 1.82) is 0 Å². The first-order valence-corrected chi connectivity index (χ1v) is 9.31. The molecule has 0 aliphatic carbocycles. The summed E-state index contributed by atoms with van der Waals surface area (Å²) < 4.78 is 9.99. The Morgan fingerprint density at radius 2 is 0.903 bits per heavy atom. The average molecular weight is 450 g/mol. The van der Waals surface area contributed by atoms with Crippen molar-refractivity contribution < 1.29 is 43.7 Å². The third-order valence-corrected chi connectivity index (χ3v) is 2.95. The second-order valence-electron chi connectivity index (χ2n) is 8.71. The summed E-state index contributed by atoms with van der Waals surface area (Å²) in [6.07, 6.45) is -1.26. The summed E-state index contributed by atoms with van der Waals surface area (Å²) in [4.78, 5) is 58.1. The molecule has 0 fully saturated rings. The Balaban J connectivity index is 0. The van der Waals surface area contributed by atoms with Crippen molar-refractivity contribution in [2.75, 3.05) is 40.8 Å². The Hall–Kier alpha value is -3.05. The van der Waals surface area contributed by atoms with Gasteiger partial charge in [0, 0.05) is 21.1 Å². The number of carbonyl (C=O) groups excluding carboxylic acids is 3. The summed E-state index contributed by atoms with van der Waals surface area (Å²) in [5.41, 5.74) is -1.23. The molecule has 0 radical (unpaired) electrons. The molecule has 0 spiro atoms. The lowest BCUT2D eigenvalue weighted by atomic mass is 10.2. The summed E-state index contributed by atoms with van der Waals surface area (Å²) in [6, 6.07) is 0. The minimum atomic E-state index is -1.11. The fourth-order valence-corrected chi connectivity index (χ4v) is 1.63. The van der Waals surface area contributed by atoms with E-state index in [9.17, 15) is 24.0 Å². The molecule has 0 aliphatic heterocycles. The zero-order chi connectivity index (χ0) is 25.2. The first-order chi connectivity index (χ1) is 13.7. The van der Waals surface area contributed by atoms with E-state index in [0.717, 1.165) is 14.7 Å². The molecule has 0 aromatic carbocycles. The van der Waals surface area contributed by atoms with Gasteiger partial charge in [-0.2, -0.15) is 0 Å². The smallest absolute Gasteiger partial charge is 0.410 e. The Morgan fingerprint density at radius 3 is 1.19 bits per heavy atom. The van der Waals surface area contributed by atoms with Gasteiger partial charge in [0.1, 0.15) is 30.8 Å². The average Bonchev–Trinajstić information content (AvgIpc) is 2.50. The number of hydrogen-bond acceptors (Lipinski definition) is 7. The lowest BCUT2D eigenvalue weighted by Gasteiger charge is -2.25. The molecule has 0 aromatic rings. The van der Waals surface area contributed by atoms with E-state index < -0.39 is 47.8 Å². The van der Waals surface area contributed by atoms with Gasteiger partial charge >= 0.3 is 24.1 Å². The molecule has 0 rings (SSSR count). The number of nitrogens with zero attached hydrogens (tertiary/aromatic N) is 3. The fraction of sp³-hybridized carbons (Fsp3) is 0.737. The van der Waals surface area contributed by atoms with Crippen LogP contribution < -0.4 is 0 Å². The van der Waals surface area contributed by atoms with E-state index in [2.05, 4.69) is 0 Å². The molecule has 31 heavy (non-hydrogen) atoms. The van der Waals surface area contributed by atoms with Gasteiger partial charge in [-0.05, 0) is 41.5 Å². The number of carbonyl (C=O) groups is 5. The zero-order valence-corrected chi connectivity index (χ0v) is 19.7. The molecule has 2 N–H and O–H groups in total. The van der Waals surface area contributed by atoms with Crippen LogP contribution in [0.4, 0.5) is 9.59 Å². The van der Waals surface area contributed by atoms with E-state index in [-0.39, 0.29) is 13.1 Å². The number of aliphatic carboxylic acids is 2. The number of likely N-dealkylation sites (N-methyl/N-ethyl adjacent to an activating group) is 3. The van der Waals surface area contributed by atoms with Gasteiger partial charge in [0.15, 0.2) is 0 Å². The topological polar surface area (TPSA) is 154 Å². The van der Waals surface area contributed by atoms with Gasteiger partial charge in [-0.25, -0.2) is 9.59 Å². The number of rotatable bonds is 6. The minimum Gasteiger partial charge on any atom is -0.480 e. The van der Waals surface area contributed by atoms with E-state index in [1.54, 1.807) is 41.5 Å². The van der Waals surface area contributed by atoms with Crippen molar-refractivity contribution in [3.05, 3.63) is 0 Å². The summed E-state index contributed by atoms with van der Waals surface area (Å²) >= 11 is 0. The number of hydrogen-bond donors (Lipinski definition) is 2.